The van der Waals surface area contributed by atoms with E-state index < -0.39 is 112 Å². The topological polar surface area (TPSA) is 269 Å². The fourth-order valence-electron chi connectivity index (χ4n) is 3.89. The lowest BCUT2D eigenvalue weighted by atomic mass is 9.95. The first-order valence-electron chi connectivity index (χ1n) is 10.5. The first kappa shape index (κ1) is 27.9. The molecule has 0 unspecified atom stereocenters. The summed E-state index contributed by atoms with van der Waals surface area (Å²) in [6.45, 7) is -3.53. The van der Waals surface area contributed by atoms with Crippen molar-refractivity contribution in [3.8, 4) is 0 Å². The Morgan fingerprint density at radius 2 is 1.15 bits per heavy atom. The van der Waals surface area contributed by atoms with Crippen LogP contribution in [0.2, 0.25) is 0 Å². The van der Waals surface area contributed by atoms with Crippen molar-refractivity contribution < 1.29 is 79.9 Å². The molecule has 3 aliphatic heterocycles. The van der Waals surface area contributed by atoms with Crippen LogP contribution in [0.5, 0.6) is 0 Å². The fraction of sp³-hybridized carbons (Fsp3) is 1.00. The third-order valence-electron chi connectivity index (χ3n) is 6.19. The summed E-state index contributed by atoms with van der Waals surface area (Å²) in [6.07, 6.45) is -19.0. The van der Waals surface area contributed by atoms with Gasteiger partial charge in [0.25, 0.3) is 0 Å². The zero-order chi connectivity index (χ0) is 25.4. The summed E-state index contributed by atoms with van der Waals surface area (Å²) in [5.41, 5.74) is 0. The Morgan fingerprint density at radius 1 is 0.647 bits per heavy atom. The minimum absolute atomic E-state index is 0.645. The van der Waals surface area contributed by atoms with Gasteiger partial charge in [0.05, 0.1) is 19.8 Å². The first-order valence-corrected chi connectivity index (χ1v) is 10.5. The molecule has 0 spiro atoms. The van der Waals surface area contributed by atoms with Crippen LogP contribution in [0.4, 0.5) is 0 Å². The molecule has 3 fully saturated rings. The van der Waals surface area contributed by atoms with E-state index >= 15 is 0 Å². The van der Waals surface area contributed by atoms with Crippen LogP contribution in [0.15, 0.2) is 0 Å². The van der Waals surface area contributed by atoms with Gasteiger partial charge in [0.2, 0.25) is 11.6 Å². The predicted molar refractivity (Wildman–Crippen MR) is 101 cm³/mol. The van der Waals surface area contributed by atoms with E-state index in [2.05, 4.69) is 0 Å². The minimum Gasteiger partial charge on any atom is -0.394 e. The lowest BCUT2D eigenvalue weighted by Gasteiger charge is -2.47. The molecule has 0 aromatic carbocycles. The molecule has 11 N–H and O–H groups in total. The fourth-order valence-corrected chi connectivity index (χ4v) is 3.89. The lowest BCUT2D eigenvalue weighted by molar-refractivity contribution is -0.412. The Labute approximate surface area is 192 Å². The summed E-state index contributed by atoms with van der Waals surface area (Å²) in [5.74, 6) is -5.15. The molecule has 200 valence electrons. The highest BCUT2D eigenvalue weighted by Gasteiger charge is 2.55. The average Bonchev–Trinajstić information content (AvgIpc) is 2.81. The van der Waals surface area contributed by atoms with E-state index in [4.69, 9.17) is 33.9 Å². The molecule has 0 saturated carbocycles. The highest BCUT2D eigenvalue weighted by Crippen LogP contribution is 2.32. The monoisotopic (exact) mass is 504 g/mol. The average molecular weight is 504 g/mol. The van der Waals surface area contributed by atoms with E-state index in [1.807, 2.05) is 0 Å². The number of rotatable bonds is 7. The smallest absolute Gasteiger partial charge is 0.221 e. The van der Waals surface area contributed by atoms with Crippen LogP contribution in [0.3, 0.4) is 0 Å². The summed E-state index contributed by atoms with van der Waals surface area (Å²) in [5, 5.41) is 110. The van der Waals surface area contributed by atoms with Crippen LogP contribution in [-0.4, -0.2) is 168 Å². The van der Waals surface area contributed by atoms with Crippen molar-refractivity contribution in [2.24, 2.45) is 0 Å². The summed E-state index contributed by atoms with van der Waals surface area (Å²) < 4.78 is 25.7. The van der Waals surface area contributed by atoms with Crippen molar-refractivity contribution in [1.29, 1.82) is 0 Å². The van der Waals surface area contributed by atoms with Gasteiger partial charge in [0.1, 0.15) is 74.3 Å². The Hall–Kier alpha value is -0.640. The second kappa shape index (κ2) is 10.8. The van der Waals surface area contributed by atoms with E-state index in [-0.39, 0.29) is 0 Å². The van der Waals surface area contributed by atoms with Crippen LogP contribution in [0.1, 0.15) is 0 Å². The molecule has 3 saturated heterocycles. The summed E-state index contributed by atoms with van der Waals surface area (Å²) in [6, 6.07) is 0. The molecule has 3 rings (SSSR count). The highest BCUT2D eigenvalue weighted by atomic mass is 16.8. The van der Waals surface area contributed by atoms with E-state index in [0.717, 1.165) is 0 Å². The molecule has 0 bridgehead atoms. The maximum absolute atomic E-state index is 10.6. The Morgan fingerprint density at radius 3 is 1.68 bits per heavy atom. The summed E-state index contributed by atoms with van der Waals surface area (Å²) in [4.78, 5) is 0. The third kappa shape index (κ3) is 5.23. The molecular weight excluding hydrogens is 472 g/mol. The minimum atomic E-state index is -2.65. The summed E-state index contributed by atoms with van der Waals surface area (Å²) in [7, 11) is 0. The molecule has 3 aliphatic rings. The van der Waals surface area contributed by atoms with Crippen molar-refractivity contribution in [3.05, 3.63) is 0 Å². The molecule has 0 aromatic heterocycles. The predicted octanol–water partition coefficient (Wildman–Crippen LogP) is -7.57. The standard InChI is InChI=1S/C18H32O16/c19-1-6-10(22)14(26)17(28,4-30-6)32-3-8-9(21)12(24)13(25)16(33-8)34-18(29)5-31-7(2-20)11(23)15(18)27/h6-16,19-29H,1-5H2/t6-,7-,8-,9-,10+,11-,12+,13-,14+,15+,16-,17+,18+/m1/s1. The molecule has 0 radical (unpaired) electrons. The molecule has 0 amide bonds. The maximum atomic E-state index is 10.6. The molecular formula is C18H32O16. The normalized spacial score (nSPS) is 52.5. The molecule has 0 aliphatic carbocycles. The van der Waals surface area contributed by atoms with E-state index in [1.165, 1.54) is 0 Å². The third-order valence-corrected chi connectivity index (χ3v) is 6.19. The Bertz CT molecular complexity index is 668. The summed E-state index contributed by atoms with van der Waals surface area (Å²) >= 11 is 0. The van der Waals surface area contributed by atoms with E-state index in [1.54, 1.807) is 0 Å². The Kier molecular flexibility index (Phi) is 8.85. The first-order chi connectivity index (χ1) is 15.9. The number of ether oxygens (including phenoxy) is 5. The van der Waals surface area contributed by atoms with Crippen LogP contribution in [0.25, 0.3) is 0 Å². The zero-order valence-electron chi connectivity index (χ0n) is 17.8. The number of aliphatic hydroxyl groups excluding tert-OH is 9. The number of hydrogen-bond donors (Lipinski definition) is 11. The molecule has 16 nitrogen and oxygen atoms in total. The maximum Gasteiger partial charge on any atom is 0.221 e. The van der Waals surface area contributed by atoms with Gasteiger partial charge in [-0.25, -0.2) is 0 Å². The van der Waals surface area contributed by atoms with Gasteiger partial charge in [-0.2, -0.15) is 0 Å². The van der Waals surface area contributed by atoms with Crippen molar-refractivity contribution >= 4 is 0 Å². The van der Waals surface area contributed by atoms with Crippen LogP contribution < -0.4 is 0 Å². The van der Waals surface area contributed by atoms with Gasteiger partial charge in [-0.1, -0.05) is 0 Å². The van der Waals surface area contributed by atoms with Gasteiger partial charge in [-0.3, -0.25) is 0 Å². The van der Waals surface area contributed by atoms with Gasteiger partial charge in [0.15, 0.2) is 6.29 Å². The molecule has 3 heterocycles. The molecule has 0 aromatic rings. The molecule has 13 atom stereocenters. The zero-order valence-corrected chi connectivity index (χ0v) is 17.8. The van der Waals surface area contributed by atoms with Gasteiger partial charge < -0.3 is 79.9 Å². The van der Waals surface area contributed by atoms with Gasteiger partial charge in [0, 0.05) is 0 Å². The lowest BCUT2D eigenvalue weighted by Crippen LogP contribution is -2.68. The second-order valence-corrected chi connectivity index (χ2v) is 8.57. The van der Waals surface area contributed by atoms with E-state index in [0.29, 0.717) is 0 Å². The van der Waals surface area contributed by atoms with Crippen LogP contribution >= 0.6 is 0 Å². The second-order valence-electron chi connectivity index (χ2n) is 8.57. The highest BCUT2D eigenvalue weighted by molar-refractivity contribution is 4.96. The molecule has 16 heteroatoms. The van der Waals surface area contributed by atoms with Crippen molar-refractivity contribution in [2.45, 2.75) is 78.9 Å². The largest absolute Gasteiger partial charge is 0.394 e. The van der Waals surface area contributed by atoms with Crippen molar-refractivity contribution in [1.82, 2.24) is 0 Å². The number of aliphatic hydroxyl groups is 11. The van der Waals surface area contributed by atoms with Crippen LogP contribution in [-0.2, 0) is 23.7 Å². The van der Waals surface area contributed by atoms with Gasteiger partial charge in [-0.05, 0) is 0 Å². The van der Waals surface area contributed by atoms with Crippen molar-refractivity contribution in [3.63, 3.8) is 0 Å². The van der Waals surface area contributed by atoms with Crippen molar-refractivity contribution in [2.75, 3.05) is 33.0 Å². The van der Waals surface area contributed by atoms with Gasteiger partial charge in [-0.15, -0.1) is 0 Å². The SMILES string of the molecule is OC[C@H]1OC[C@](O)(O[C@H]2O[C@H](CO[C@@]3(O)CO[C@H](CO)[C@H](O)[C@@H]3O)[C@@H](O)[C@H](O)[C@H]2O)[C@@H](O)[C@@H]1O. The Balaban J connectivity index is 1.67. The van der Waals surface area contributed by atoms with E-state index in [9.17, 15) is 46.0 Å². The molecule has 34 heavy (non-hydrogen) atoms. The quantitative estimate of drug-likeness (QED) is 0.144. The van der Waals surface area contributed by atoms with Gasteiger partial charge >= 0.3 is 0 Å². The number of hydrogen-bond acceptors (Lipinski definition) is 16. The van der Waals surface area contributed by atoms with Crippen LogP contribution in [0, 0.1) is 0 Å².